The van der Waals surface area contributed by atoms with Crippen molar-refractivity contribution in [2.45, 2.75) is 52.6 Å². The van der Waals surface area contributed by atoms with Gasteiger partial charge in [-0.3, -0.25) is 14.3 Å². The van der Waals surface area contributed by atoms with Gasteiger partial charge in [-0.05, 0) is 78.4 Å². The molecule has 5 rings (SSSR count). The molecule has 0 bridgehead atoms. The van der Waals surface area contributed by atoms with Crippen molar-refractivity contribution in [1.29, 1.82) is 0 Å². The lowest BCUT2D eigenvalue weighted by molar-refractivity contribution is -0.131. The summed E-state index contributed by atoms with van der Waals surface area (Å²) < 4.78 is 1.76. The Morgan fingerprint density at radius 3 is 2.50 bits per heavy atom. The van der Waals surface area contributed by atoms with E-state index in [2.05, 4.69) is 15.4 Å². The number of nitrogens with two attached hydrogens (primary N) is 1. The molecule has 1 aliphatic rings. The van der Waals surface area contributed by atoms with Gasteiger partial charge in [-0.1, -0.05) is 24.3 Å². The highest BCUT2D eigenvalue weighted by Crippen LogP contribution is 2.28. The Bertz CT molecular complexity index is 1470. The number of nitrogens with one attached hydrogen (secondary N) is 1. The molecule has 8 nitrogen and oxygen atoms in total. The minimum absolute atomic E-state index is 0.170. The molecule has 1 saturated heterocycles. The number of piperidine rings is 1. The van der Waals surface area contributed by atoms with Crippen LogP contribution in [0.3, 0.4) is 0 Å². The smallest absolute Gasteiger partial charge is 0.254 e. The summed E-state index contributed by atoms with van der Waals surface area (Å²) in [5.74, 6) is 0.545. The number of carbonyl (C=O) groups is 2. The number of nitrogens with zero attached hydrogens (tertiary/aromatic N) is 4. The Kier molecular flexibility index (Phi) is 7.40. The molecule has 3 N–H and O–H groups in total. The van der Waals surface area contributed by atoms with Crippen molar-refractivity contribution < 1.29 is 9.59 Å². The number of pyridine rings is 1. The maximum Gasteiger partial charge on any atom is 0.254 e. The van der Waals surface area contributed by atoms with Crippen molar-refractivity contribution in [2.24, 2.45) is 0 Å². The summed E-state index contributed by atoms with van der Waals surface area (Å²) in [6.07, 6.45) is 8.91. The van der Waals surface area contributed by atoms with Gasteiger partial charge in [-0.25, -0.2) is 4.98 Å². The van der Waals surface area contributed by atoms with Crippen LogP contribution in [0.5, 0.6) is 0 Å². The first-order chi connectivity index (χ1) is 18.4. The van der Waals surface area contributed by atoms with Gasteiger partial charge in [0.15, 0.2) is 0 Å². The number of hydrogen-bond donors (Lipinski definition) is 2. The van der Waals surface area contributed by atoms with E-state index in [1.807, 2.05) is 55.1 Å². The van der Waals surface area contributed by atoms with Crippen LogP contribution >= 0.6 is 0 Å². The van der Waals surface area contributed by atoms with E-state index < -0.39 is 0 Å². The molecule has 38 heavy (non-hydrogen) atoms. The molecular formula is C30H34N6O2. The summed E-state index contributed by atoms with van der Waals surface area (Å²) in [4.78, 5) is 31.6. The number of fused-ring (bicyclic) bond motifs is 1. The molecule has 0 unspecified atom stereocenters. The molecular weight excluding hydrogens is 476 g/mol. The van der Waals surface area contributed by atoms with Crippen molar-refractivity contribution in [3.63, 3.8) is 0 Å². The molecule has 0 radical (unpaired) electrons. The lowest BCUT2D eigenvalue weighted by atomic mass is 9.96. The van der Waals surface area contributed by atoms with Crippen LogP contribution in [0.1, 0.15) is 57.4 Å². The topological polar surface area (TPSA) is 106 Å². The molecule has 8 heteroatoms. The predicted molar refractivity (Wildman–Crippen MR) is 149 cm³/mol. The Morgan fingerprint density at radius 1 is 1.00 bits per heavy atom. The van der Waals surface area contributed by atoms with Crippen molar-refractivity contribution >= 4 is 28.4 Å². The summed E-state index contributed by atoms with van der Waals surface area (Å²) >= 11 is 0. The second-order valence-electron chi connectivity index (χ2n) is 10.1. The maximum atomic E-state index is 12.9. The molecule has 1 fully saturated rings. The summed E-state index contributed by atoms with van der Waals surface area (Å²) in [5, 5.41) is 9.39. The van der Waals surface area contributed by atoms with E-state index in [1.165, 1.54) is 6.42 Å². The molecule has 0 saturated carbocycles. The Balaban J connectivity index is 1.18. The van der Waals surface area contributed by atoms with Crippen LogP contribution in [0, 0.1) is 13.8 Å². The highest BCUT2D eigenvalue weighted by atomic mass is 16.2. The Labute approximate surface area is 222 Å². The summed E-state index contributed by atoms with van der Waals surface area (Å²) in [6.45, 7) is 6.78. The van der Waals surface area contributed by atoms with Crippen molar-refractivity contribution in [1.82, 2.24) is 25.0 Å². The first kappa shape index (κ1) is 25.4. The highest BCUT2D eigenvalue weighted by molar-refractivity contribution is 5.95. The average molecular weight is 511 g/mol. The van der Waals surface area contributed by atoms with E-state index in [0.29, 0.717) is 30.9 Å². The normalized spacial score (nSPS) is 13.6. The standard InChI is InChI=1S/C30H34N6O2/c1-20-14-26-25(10-11-32-29(26)31)21(2)27(20)17-33-30(38)24-16-34-36(19-24)18-23-8-6-22(7-9-23)15-28(37)35-12-4-3-5-13-35/h6-11,14,16,19H,3-5,12-13,15,17-18H2,1-2H3,(H2,31,32)(H,33,38). The number of aromatic nitrogens is 3. The van der Waals surface area contributed by atoms with E-state index in [1.54, 1.807) is 23.3 Å². The van der Waals surface area contributed by atoms with Gasteiger partial charge in [0.2, 0.25) is 5.91 Å². The molecule has 4 aromatic rings. The summed E-state index contributed by atoms with van der Waals surface area (Å²) in [5.41, 5.74) is 11.9. The molecule has 0 spiro atoms. The molecule has 3 heterocycles. The first-order valence-corrected chi connectivity index (χ1v) is 13.2. The third kappa shape index (κ3) is 5.54. The SMILES string of the molecule is Cc1cc2c(N)nccc2c(C)c1CNC(=O)c1cnn(Cc2ccc(CC(=O)N3CCCCC3)cc2)c1. The zero-order valence-electron chi connectivity index (χ0n) is 22.0. The van der Waals surface area contributed by atoms with Gasteiger partial charge in [-0.15, -0.1) is 0 Å². The number of carbonyl (C=O) groups excluding carboxylic acids is 2. The van der Waals surface area contributed by atoms with E-state index in [4.69, 9.17) is 5.73 Å². The van der Waals surface area contributed by atoms with Crippen LogP contribution in [0.25, 0.3) is 10.8 Å². The van der Waals surface area contributed by atoms with E-state index in [9.17, 15) is 9.59 Å². The summed E-state index contributed by atoms with van der Waals surface area (Å²) in [6, 6.07) is 12.0. The lowest BCUT2D eigenvalue weighted by Crippen LogP contribution is -2.36. The molecule has 1 aliphatic heterocycles. The number of benzene rings is 2. The van der Waals surface area contributed by atoms with E-state index in [0.717, 1.165) is 64.5 Å². The number of amides is 2. The minimum atomic E-state index is -0.170. The Morgan fingerprint density at radius 2 is 1.74 bits per heavy atom. The van der Waals surface area contributed by atoms with Crippen LogP contribution in [-0.4, -0.2) is 44.6 Å². The molecule has 2 amide bonds. The van der Waals surface area contributed by atoms with Gasteiger partial charge in [0.25, 0.3) is 5.91 Å². The number of hydrogen-bond acceptors (Lipinski definition) is 5. The van der Waals surface area contributed by atoms with Gasteiger partial charge in [0, 0.05) is 37.4 Å². The fraction of sp³-hybridized carbons (Fsp3) is 0.333. The average Bonchev–Trinajstić information content (AvgIpc) is 3.39. The van der Waals surface area contributed by atoms with Crippen LogP contribution in [0.2, 0.25) is 0 Å². The van der Waals surface area contributed by atoms with Gasteiger partial charge < -0.3 is 16.0 Å². The van der Waals surface area contributed by atoms with Gasteiger partial charge in [0.05, 0.1) is 24.7 Å². The quantitative estimate of drug-likeness (QED) is 0.388. The van der Waals surface area contributed by atoms with Crippen molar-refractivity contribution in [3.05, 3.63) is 88.4 Å². The molecule has 0 aliphatic carbocycles. The zero-order chi connectivity index (χ0) is 26.6. The van der Waals surface area contributed by atoms with E-state index >= 15 is 0 Å². The third-order valence-electron chi connectivity index (χ3n) is 7.47. The molecule has 0 atom stereocenters. The number of likely N-dealkylation sites (tertiary alicyclic amines) is 1. The number of rotatable bonds is 7. The lowest BCUT2D eigenvalue weighted by Gasteiger charge is -2.26. The first-order valence-electron chi connectivity index (χ1n) is 13.2. The summed E-state index contributed by atoms with van der Waals surface area (Å²) in [7, 11) is 0. The number of nitrogen functional groups attached to an aromatic ring is 1. The Hall–Kier alpha value is -4.20. The largest absolute Gasteiger partial charge is 0.383 e. The van der Waals surface area contributed by atoms with Gasteiger partial charge in [-0.2, -0.15) is 5.10 Å². The van der Waals surface area contributed by atoms with Crippen molar-refractivity contribution in [2.75, 3.05) is 18.8 Å². The fourth-order valence-corrected chi connectivity index (χ4v) is 5.22. The third-order valence-corrected chi connectivity index (χ3v) is 7.47. The predicted octanol–water partition coefficient (Wildman–Crippen LogP) is 4.16. The monoisotopic (exact) mass is 510 g/mol. The van der Waals surface area contributed by atoms with Crippen LogP contribution in [0.4, 0.5) is 5.82 Å². The maximum absolute atomic E-state index is 12.9. The second kappa shape index (κ2) is 11.0. The van der Waals surface area contributed by atoms with E-state index in [-0.39, 0.29) is 11.8 Å². The molecule has 2 aromatic carbocycles. The zero-order valence-corrected chi connectivity index (χ0v) is 22.0. The van der Waals surface area contributed by atoms with Gasteiger partial charge >= 0.3 is 0 Å². The van der Waals surface area contributed by atoms with Crippen LogP contribution < -0.4 is 11.1 Å². The van der Waals surface area contributed by atoms with Crippen LogP contribution in [-0.2, 0) is 24.3 Å². The van der Waals surface area contributed by atoms with Crippen molar-refractivity contribution in [3.8, 4) is 0 Å². The number of aryl methyl sites for hydroxylation is 2. The minimum Gasteiger partial charge on any atom is -0.383 e. The fourth-order valence-electron chi connectivity index (χ4n) is 5.22. The highest BCUT2D eigenvalue weighted by Gasteiger charge is 2.17. The molecule has 196 valence electrons. The second-order valence-corrected chi connectivity index (χ2v) is 10.1. The van der Waals surface area contributed by atoms with Crippen LogP contribution in [0.15, 0.2) is 55.0 Å². The molecule has 2 aromatic heterocycles. The number of anilines is 1. The van der Waals surface area contributed by atoms with Gasteiger partial charge in [0.1, 0.15) is 5.82 Å².